The maximum absolute atomic E-state index is 13.2. The number of nitrogens with zero attached hydrogens (tertiary/aromatic N) is 4. The molecule has 0 radical (unpaired) electrons. The van der Waals surface area contributed by atoms with E-state index in [0.29, 0.717) is 29.9 Å². The van der Waals surface area contributed by atoms with Gasteiger partial charge in [-0.2, -0.15) is 18.3 Å². The van der Waals surface area contributed by atoms with E-state index in [1.54, 1.807) is 35.4 Å². The maximum atomic E-state index is 13.2. The predicted molar refractivity (Wildman–Crippen MR) is 91.2 cm³/mol. The molecule has 5 nitrogen and oxygen atoms in total. The van der Waals surface area contributed by atoms with Crippen LogP contribution in [0.2, 0.25) is 0 Å². The molecular formula is C19H15F3N4O. The lowest BCUT2D eigenvalue weighted by Gasteiger charge is -2.27. The number of benzene rings is 1. The maximum Gasteiger partial charge on any atom is 0.416 e. The normalized spacial score (nSPS) is 14.3. The third kappa shape index (κ3) is 3.30. The molecule has 1 aliphatic rings. The Kier molecular flexibility index (Phi) is 4.18. The van der Waals surface area contributed by atoms with Crippen molar-refractivity contribution >= 4 is 5.91 Å². The van der Waals surface area contributed by atoms with Crippen molar-refractivity contribution in [3.05, 3.63) is 77.4 Å². The number of alkyl halides is 3. The Morgan fingerprint density at radius 1 is 1.11 bits per heavy atom. The molecular weight excluding hydrogens is 357 g/mol. The summed E-state index contributed by atoms with van der Waals surface area (Å²) in [7, 11) is 0. The first-order valence-corrected chi connectivity index (χ1v) is 8.37. The van der Waals surface area contributed by atoms with Gasteiger partial charge in [0.25, 0.3) is 5.91 Å². The Balaban J connectivity index is 1.61. The zero-order chi connectivity index (χ0) is 19.0. The molecule has 1 amide bonds. The Morgan fingerprint density at radius 2 is 1.93 bits per heavy atom. The molecule has 3 aromatic rings. The predicted octanol–water partition coefficient (Wildman–Crippen LogP) is 3.48. The molecule has 0 N–H and O–H groups in total. The standard InChI is InChI=1S/C19H15F3N4O/c20-19(21,22)16-6-2-1-4-13(16)11-25-9-7-17-15(18(25)27)12-26(24-17)14-5-3-8-23-10-14/h1-6,8,10,12H,7,9,11H2. The van der Waals surface area contributed by atoms with E-state index in [9.17, 15) is 18.0 Å². The monoisotopic (exact) mass is 372 g/mol. The minimum Gasteiger partial charge on any atom is -0.334 e. The fourth-order valence-electron chi connectivity index (χ4n) is 3.20. The quantitative estimate of drug-likeness (QED) is 0.707. The van der Waals surface area contributed by atoms with Crippen LogP contribution in [0.5, 0.6) is 0 Å². The number of halogens is 3. The topological polar surface area (TPSA) is 51.0 Å². The van der Waals surface area contributed by atoms with Crippen LogP contribution in [0, 0.1) is 0 Å². The third-order valence-electron chi connectivity index (χ3n) is 4.52. The van der Waals surface area contributed by atoms with E-state index < -0.39 is 11.7 Å². The lowest BCUT2D eigenvalue weighted by Crippen LogP contribution is -2.37. The van der Waals surface area contributed by atoms with E-state index in [1.165, 1.54) is 17.0 Å². The average Bonchev–Trinajstić information content (AvgIpc) is 3.10. The zero-order valence-electron chi connectivity index (χ0n) is 14.1. The van der Waals surface area contributed by atoms with Gasteiger partial charge in [0.1, 0.15) is 0 Å². The second-order valence-corrected chi connectivity index (χ2v) is 6.28. The van der Waals surface area contributed by atoms with Crippen LogP contribution in [0.25, 0.3) is 5.69 Å². The SMILES string of the molecule is O=C1c2cn(-c3cccnc3)nc2CCN1Cc1ccccc1C(F)(F)F. The molecule has 0 atom stereocenters. The molecule has 0 fully saturated rings. The van der Waals surface area contributed by atoms with E-state index >= 15 is 0 Å². The van der Waals surface area contributed by atoms with Crippen molar-refractivity contribution < 1.29 is 18.0 Å². The largest absolute Gasteiger partial charge is 0.416 e. The average molecular weight is 372 g/mol. The van der Waals surface area contributed by atoms with Crippen LogP contribution in [-0.4, -0.2) is 32.1 Å². The minimum absolute atomic E-state index is 0.0847. The Labute approximate surface area is 153 Å². The summed E-state index contributed by atoms with van der Waals surface area (Å²) in [6.07, 6.45) is 0.906. The van der Waals surface area contributed by atoms with Crippen molar-refractivity contribution in [1.29, 1.82) is 0 Å². The van der Waals surface area contributed by atoms with Crippen LogP contribution >= 0.6 is 0 Å². The first kappa shape index (κ1) is 17.3. The zero-order valence-corrected chi connectivity index (χ0v) is 14.1. The molecule has 1 aromatic carbocycles. The summed E-state index contributed by atoms with van der Waals surface area (Å²) < 4.78 is 41.2. The highest BCUT2D eigenvalue weighted by atomic mass is 19.4. The summed E-state index contributed by atoms with van der Waals surface area (Å²) in [5, 5.41) is 4.42. The molecule has 0 saturated heterocycles. The van der Waals surface area contributed by atoms with Gasteiger partial charge in [-0.05, 0) is 23.8 Å². The molecule has 3 heterocycles. The highest BCUT2D eigenvalue weighted by molar-refractivity contribution is 5.96. The smallest absolute Gasteiger partial charge is 0.334 e. The summed E-state index contributed by atoms with van der Waals surface area (Å²) in [5.74, 6) is -0.316. The molecule has 0 aliphatic carbocycles. The second-order valence-electron chi connectivity index (χ2n) is 6.28. The van der Waals surface area contributed by atoms with Crippen LogP contribution in [0.4, 0.5) is 13.2 Å². The molecule has 0 unspecified atom stereocenters. The first-order valence-electron chi connectivity index (χ1n) is 8.37. The van der Waals surface area contributed by atoms with Gasteiger partial charge in [0.2, 0.25) is 0 Å². The van der Waals surface area contributed by atoms with Gasteiger partial charge in [-0.3, -0.25) is 9.78 Å². The van der Waals surface area contributed by atoms with Gasteiger partial charge in [-0.25, -0.2) is 4.68 Å². The number of aromatic nitrogens is 3. The highest BCUT2D eigenvalue weighted by Gasteiger charge is 2.35. The fraction of sp³-hybridized carbons (Fsp3) is 0.211. The van der Waals surface area contributed by atoms with Crippen LogP contribution in [-0.2, 0) is 19.1 Å². The van der Waals surface area contributed by atoms with Gasteiger partial charge in [0.15, 0.2) is 0 Å². The molecule has 2 aromatic heterocycles. The summed E-state index contributed by atoms with van der Waals surface area (Å²) in [4.78, 5) is 18.3. The van der Waals surface area contributed by atoms with Crippen molar-refractivity contribution in [2.24, 2.45) is 0 Å². The van der Waals surface area contributed by atoms with Gasteiger partial charge in [0, 0.05) is 31.9 Å². The lowest BCUT2D eigenvalue weighted by atomic mass is 10.0. The molecule has 1 aliphatic heterocycles. The number of carbonyl (C=O) groups excluding carboxylic acids is 1. The first-order chi connectivity index (χ1) is 12.9. The second kappa shape index (κ2) is 6.53. The van der Waals surface area contributed by atoms with Crippen molar-refractivity contribution in [2.45, 2.75) is 19.1 Å². The number of pyridine rings is 1. The number of amides is 1. The molecule has 0 spiro atoms. The van der Waals surface area contributed by atoms with E-state index in [2.05, 4.69) is 10.1 Å². The summed E-state index contributed by atoms with van der Waals surface area (Å²) >= 11 is 0. The van der Waals surface area contributed by atoms with E-state index in [4.69, 9.17) is 0 Å². The number of hydrogen-bond donors (Lipinski definition) is 0. The van der Waals surface area contributed by atoms with Crippen molar-refractivity contribution in [2.75, 3.05) is 6.54 Å². The molecule has 138 valence electrons. The van der Waals surface area contributed by atoms with Crippen LogP contribution in [0.15, 0.2) is 55.0 Å². The lowest BCUT2D eigenvalue weighted by molar-refractivity contribution is -0.138. The Morgan fingerprint density at radius 3 is 2.67 bits per heavy atom. The number of rotatable bonds is 3. The number of fused-ring (bicyclic) bond motifs is 1. The molecule has 27 heavy (non-hydrogen) atoms. The van der Waals surface area contributed by atoms with Gasteiger partial charge in [0.05, 0.1) is 28.7 Å². The van der Waals surface area contributed by atoms with Crippen molar-refractivity contribution in [3.63, 3.8) is 0 Å². The number of hydrogen-bond acceptors (Lipinski definition) is 3. The molecule has 8 heteroatoms. The van der Waals surface area contributed by atoms with Gasteiger partial charge in [-0.15, -0.1) is 0 Å². The van der Waals surface area contributed by atoms with Crippen molar-refractivity contribution in [1.82, 2.24) is 19.7 Å². The molecule has 4 rings (SSSR count). The Hall–Kier alpha value is -3.16. The van der Waals surface area contributed by atoms with E-state index in [-0.39, 0.29) is 18.0 Å². The minimum atomic E-state index is -4.45. The van der Waals surface area contributed by atoms with Crippen LogP contribution in [0.3, 0.4) is 0 Å². The highest BCUT2D eigenvalue weighted by Crippen LogP contribution is 2.33. The summed E-state index contributed by atoms with van der Waals surface area (Å²) in [6.45, 7) is 0.230. The Bertz CT molecular complexity index is 982. The summed E-state index contributed by atoms with van der Waals surface area (Å²) in [5.41, 5.74) is 1.14. The molecule has 0 saturated carbocycles. The third-order valence-corrected chi connectivity index (χ3v) is 4.52. The number of carbonyl (C=O) groups is 1. The van der Waals surface area contributed by atoms with Crippen LogP contribution in [0.1, 0.15) is 27.2 Å². The van der Waals surface area contributed by atoms with Gasteiger partial charge in [-0.1, -0.05) is 18.2 Å². The molecule has 0 bridgehead atoms. The van der Waals surface area contributed by atoms with E-state index in [0.717, 1.165) is 6.07 Å². The van der Waals surface area contributed by atoms with Gasteiger partial charge < -0.3 is 4.90 Å². The fourth-order valence-corrected chi connectivity index (χ4v) is 3.20. The van der Waals surface area contributed by atoms with E-state index in [1.807, 2.05) is 6.07 Å². The van der Waals surface area contributed by atoms with Gasteiger partial charge >= 0.3 is 6.18 Å². The summed E-state index contributed by atoms with van der Waals surface area (Å²) in [6, 6.07) is 8.91. The van der Waals surface area contributed by atoms with Crippen molar-refractivity contribution in [3.8, 4) is 5.69 Å². The van der Waals surface area contributed by atoms with Crippen LogP contribution < -0.4 is 0 Å².